The summed E-state index contributed by atoms with van der Waals surface area (Å²) in [6.07, 6.45) is 3.15. The maximum atomic E-state index is 14.5. The molecule has 6 atom stereocenters. The number of esters is 1. The lowest BCUT2D eigenvalue weighted by Gasteiger charge is -2.37. The van der Waals surface area contributed by atoms with Crippen LogP contribution in [0.2, 0.25) is 0 Å². The molecule has 0 aliphatic heterocycles. The lowest BCUT2D eigenvalue weighted by Crippen LogP contribution is -2.54. The minimum Gasteiger partial charge on any atom is -0.461 e. The molecule has 332 valence electrons. The highest BCUT2D eigenvalue weighted by Crippen LogP contribution is 2.44. The minimum absolute atomic E-state index is 0.0188. The van der Waals surface area contributed by atoms with Crippen LogP contribution in [-0.2, 0) is 30.2 Å². The van der Waals surface area contributed by atoms with Crippen LogP contribution in [0.3, 0.4) is 0 Å². The number of aromatic nitrogens is 1. The van der Waals surface area contributed by atoms with Crippen molar-refractivity contribution >= 4 is 35.2 Å². The Hall–Kier alpha value is -5.33. The molecule has 12 heteroatoms. The van der Waals surface area contributed by atoms with Crippen molar-refractivity contribution in [3.8, 4) is 11.1 Å². The largest absolute Gasteiger partial charge is 0.461 e. The second-order valence-electron chi connectivity index (χ2n) is 16.7. The van der Waals surface area contributed by atoms with E-state index in [2.05, 4.69) is 55.3 Å². The number of amides is 3. The van der Waals surface area contributed by atoms with Crippen molar-refractivity contribution in [2.75, 3.05) is 26.9 Å². The van der Waals surface area contributed by atoms with Crippen LogP contribution in [0.25, 0.3) is 11.1 Å². The van der Waals surface area contributed by atoms with Gasteiger partial charge in [0.25, 0.3) is 5.91 Å². The Bertz CT molecular complexity index is 2060. The van der Waals surface area contributed by atoms with E-state index in [4.69, 9.17) is 19.2 Å². The van der Waals surface area contributed by atoms with Gasteiger partial charge in [0.2, 0.25) is 5.91 Å². The molecule has 3 aromatic carbocycles. The number of likely N-dealkylation sites (N-methyl/N-ethyl adjacent to an activating group) is 1. The number of hydrogen-bond acceptors (Lipinski definition) is 9. The molecule has 62 heavy (non-hydrogen) atoms. The highest BCUT2D eigenvalue weighted by molar-refractivity contribution is 7.09. The quantitative estimate of drug-likeness (QED) is 0.0556. The number of nitrogens with zero attached hydrogens (tertiary/aromatic N) is 2. The van der Waals surface area contributed by atoms with Gasteiger partial charge >= 0.3 is 12.1 Å². The summed E-state index contributed by atoms with van der Waals surface area (Å²) in [6.45, 7) is 16.3. The van der Waals surface area contributed by atoms with Crippen LogP contribution in [0.15, 0.2) is 96.9 Å². The van der Waals surface area contributed by atoms with Gasteiger partial charge in [-0.3, -0.25) is 14.4 Å². The Kier molecular flexibility index (Phi) is 17.9. The maximum absolute atomic E-state index is 14.5. The van der Waals surface area contributed by atoms with Crippen LogP contribution < -0.4 is 10.6 Å². The summed E-state index contributed by atoms with van der Waals surface area (Å²) in [4.78, 5) is 60.9. The number of alkyl carbamates (subject to hydrolysis) is 1. The van der Waals surface area contributed by atoms with Crippen molar-refractivity contribution in [3.63, 3.8) is 0 Å². The Morgan fingerprint density at radius 1 is 0.871 bits per heavy atom. The summed E-state index contributed by atoms with van der Waals surface area (Å²) in [7, 11) is 1.78. The van der Waals surface area contributed by atoms with Crippen molar-refractivity contribution in [3.05, 3.63) is 124 Å². The number of hydrogen-bond donors (Lipinski definition) is 2. The molecule has 1 aliphatic rings. The second-order valence-corrected chi connectivity index (χ2v) is 17.6. The zero-order valence-electron chi connectivity index (χ0n) is 37.3. The van der Waals surface area contributed by atoms with E-state index >= 15 is 0 Å². The summed E-state index contributed by atoms with van der Waals surface area (Å²) >= 11 is 1.34. The number of ether oxygens (including phenoxy) is 3. The van der Waals surface area contributed by atoms with Crippen LogP contribution in [-0.4, -0.2) is 78.8 Å². The standard InChI is InChI=1S/C50H64N4O7S/c1-9-25-59-44(47-52-42(31-62-47)46(55)51-36(28-35-19-13-12-14-20-35)27-34(7)49(57)60-26-10-2)29-43(32(4)5)54(8)48(56)45(33(6)11-3)53-50(58)61-30-41-39-23-17-15-21-37(39)38-22-16-18-24-40(38)41/h10,12-24,31-34,36,41,43-45H,2,9,11,25-30H2,1,3-8H3,(H,51,55)(H,53,58)/t33-,34-,36+,43+,44+,45-/m0/s1. The second kappa shape index (κ2) is 23.2. The van der Waals surface area contributed by atoms with E-state index in [1.54, 1.807) is 24.3 Å². The summed E-state index contributed by atoms with van der Waals surface area (Å²) < 4.78 is 17.6. The predicted molar refractivity (Wildman–Crippen MR) is 245 cm³/mol. The summed E-state index contributed by atoms with van der Waals surface area (Å²) in [5.74, 6) is -1.62. The molecule has 0 unspecified atom stereocenters. The zero-order chi connectivity index (χ0) is 44.8. The minimum atomic E-state index is -0.817. The SMILES string of the molecule is C=CCOC(=O)[C@@H](C)C[C@H](Cc1ccccc1)NC(=O)c1csc([C@@H](C[C@H](C(C)C)N(C)C(=O)[C@@H](NC(=O)OCC2c3ccccc3-c3ccccc32)[C@@H](C)CC)OCCC)n1. The molecule has 1 aliphatic carbocycles. The fourth-order valence-corrected chi connectivity index (χ4v) is 8.99. The van der Waals surface area contributed by atoms with Gasteiger partial charge in [0.05, 0.1) is 5.92 Å². The van der Waals surface area contributed by atoms with Gasteiger partial charge in [0.1, 0.15) is 36.1 Å². The molecule has 0 bridgehead atoms. The maximum Gasteiger partial charge on any atom is 0.407 e. The van der Waals surface area contributed by atoms with E-state index in [9.17, 15) is 19.2 Å². The first-order chi connectivity index (χ1) is 29.9. The Labute approximate surface area is 371 Å². The average Bonchev–Trinajstić information content (AvgIpc) is 3.90. The molecule has 0 fully saturated rings. The zero-order valence-corrected chi connectivity index (χ0v) is 38.1. The summed E-state index contributed by atoms with van der Waals surface area (Å²) in [5.41, 5.74) is 5.79. The number of fused-ring (bicyclic) bond motifs is 3. The third kappa shape index (κ3) is 12.4. The molecule has 1 aromatic heterocycles. The normalized spacial score (nSPS) is 15.0. The molecule has 0 saturated heterocycles. The van der Waals surface area contributed by atoms with Crippen LogP contribution in [0, 0.1) is 17.8 Å². The van der Waals surface area contributed by atoms with E-state index in [0.29, 0.717) is 37.3 Å². The third-order valence-corrected chi connectivity index (χ3v) is 12.7. The number of carbonyl (C=O) groups is 4. The van der Waals surface area contributed by atoms with Crippen LogP contribution >= 0.6 is 11.3 Å². The molecule has 2 N–H and O–H groups in total. The lowest BCUT2D eigenvalue weighted by molar-refractivity contribution is -0.147. The fraction of sp³-hybridized carbons (Fsp3) is 0.460. The van der Waals surface area contributed by atoms with Crippen molar-refractivity contribution in [2.24, 2.45) is 17.8 Å². The van der Waals surface area contributed by atoms with Crippen molar-refractivity contribution in [1.29, 1.82) is 0 Å². The van der Waals surface area contributed by atoms with Gasteiger partial charge in [-0.25, -0.2) is 9.78 Å². The molecule has 1 heterocycles. The number of benzene rings is 3. The first kappa shape index (κ1) is 47.7. The van der Waals surface area contributed by atoms with Gasteiger partial charge in [0.15, 0.2) is 0 Å². The van der Waals surface area contributed by atoms with E-state index in [-0.39, 0.29) is 66.5 Å². The smallest absolute Gasteiger partial charge is 0.407 e. The molecule has 5 rings (SSSR count). The highest BCUT2D eigenvalue weighted by atomic mass is 32.1. The molecule has 3 amide bonds. The fourth-order valence-electron chi connectivity index (χ4n) is 8.13. The van der Waals surface area contributed by atoms with Crippen LogP contribution in [0.5, 0.6) is 0 Å². The Morgan fingerprint density at radius 2 is 1.52 bits per heavy atom. The van der Waals surface area contributed by atoms with Gasteiger partial charge in [-0.2, -0.15) is 0 Å². The summed E-state index contributed by atoms with van der Waals surface area (Å²) in [6, 6.07) is 24.7. The van der Waals surface area contributed by atoms with Crippen LogP contribution in [0.1, 0.15) is 111 Å². The molecule has 11 nitrogen and oxygen atoms in total. The van der Waals surface area contributed by atoms with Gasteiger partial charge in [-0.05, 0) is 58.9 Å². The van der Waals surface area contributed by atoms with Gasteiger partial charge in [0, 0.05) is 43.5 Å². The average molecular weight is 865 g/mol. The first-order valence-electron chi connectivity index (χ1n) is 21.9. The number of nitrogens with one attached hydrogen (secondary N) is 2. The van der Waals surface area contributed by atoms with E-state index in [1.165, 1.54) is 17.4 Å². The predicted octanol–water partition coefficient (Wildman–Crippen LogP) is 9.53. The van der Waals surface area contributed by atoms with Crippen molar-refractivity contribution in [1.82, 2.24) is 20.5 Å². The monoisotopic (exact) mass is 864 g/mol. The molecule has 0 spiro atoms. The topological polar surface area (TPSA) is 136 Å². The highest BCUT2D eigenvalue weighted by Gasteiger charge is 2.36. The summed E-state index contributed by atoms with van der Waals surface area (Å²) in [5, 5.41) is 8.42. The molecular weight excluding hydrogens is 801 g/mol. The Balaban J connectivity index is 1.27. The van der Waals surface area contributed by atoms with Crippen molar-refractivity contribution < 1.29 is 33.4 Å². The number of rotatable bonds is 23. The van der Waals surface area contributed by atoms with E-state index in [0.717, 1.165) is 34.2 Å². The molecule has 0 radical (unpaired) electrons. The van der Waals surface area contributed by atoms with Crippen molar-refractivity contribution in [2.45, 2.75) is 104 Å². The van der Waals surface area contributed by atoms with Gasteiger partial charge in [-0.15, -0.1) is 11.3 Å². The molecule has 4 aromatic rings. The van der Waals surface area contributed by atoms with E-state index < -0.39 is 24.2 Å². The number of thiazole rings is 1. The van der Waals surface area contributed by atoms with Crippen LogP contribution in [0.4, 0.5) is 4.79 Å². The number of carbonyl (C=O) groups excluding carboxylic acids is 4. The first-order valence-corrected chi connectivity index (χ1v) is 22.8. The Morgan fingerprint density at radius 3 is 2.13 bits per heavy atom. The lowest BCUT2D eigenvalue weighted by atomic mass is 9.93. The van der Waals surface area contributed by atoms with Gasteiger partial charge < -0.3 is 29.7 Å². The third-order valence-electron chi connectivity index (χ3n) is 11.8. The molecular formula is C50H64N4O7S. The van der Waals surface area contributed by atoms with Gasteiger partial charge in [-0.1, -0.05) is 139 Å². The van der Waals surface area contributed by atoms with E-state index in [1.807, 2.05) is 75.4 Å². The molecule has 0 saturated carbocycles.